The summed E-state index contributed by atoms with van der Waals surface area (Å²) in [6.45, 7) is 9.62. The Morgan fingerprint density at radius 1 is 1.20 bits per heavy atom. The molecule has 0 amide bonds. The van der Waals surface area contributed by atoms with Crippen molar-refractivity contribution in [1.29, 1.82) is 0 Å². The largest absolute Gasteiger partial charge is 0.310 e. The van der Waals surface area contributed by atoms with Crippen LogP contribution in [0.5, 0.6) is 0 Å². The average Bonchev–Trinajstić information content (AvgIpc) is 2.81. The fourth-order valence-corrected chi connectivity index (χ4v) is 3.13. The lowest BCUT2D eigenvalue weighted by atomic mass is 10.1. The second kappa shape index (κ2) is 7.00. The monoisotopic (exact) mass is 288 g/mol. The van der Waals surface area contributed by atoms with Crippen molar-refractivity contribution < 1.29 is 0 Å². The van der Waals surface area contributed by atoms with Gasteiger partial charge in [0.05, 0.1) is 5.69 Å². The molecule has 0 saturated carbocycles. The molecular formula is C17H24N2S. The second-order valence-electron chi connectivity index (χ2n) is 5.54. The molecule has 1 aromatic heterocycles. The van der Waals surface area contributed by atoms with Crippen molar-refractivity contribution in [1.82, 2.24) is 10.3 Å². The number of hydrogen-bond acceptors (Lipinski definition) is 3. The summed E-state index contributed by atoms with van der Waals surface area (Å²) in [5.74, 6) is 0. The van der Waals surface area contributed by atoms with E-state index in [9.17, 15) is 0 Å². The third kappa shape index (κ3) is 3.90. The van der Waals surface area contributed by atoms with Gasteiger partial charge in [0.2, 0.25) is 0 Å². The van der Waals surface area contributed by atoms with E-state index in [4.69, 9.17) is 4.98 Å². The van der Waals surface area contributed by atoms with Crippen LogP contribution in [0.25, 0.3) is 10.6 Å². The molecule has 108 valence electrons. The fraction of sp³-hybridized carbons (Fsp3) is 0.471. The number of rotatable bonds is 6. The molecule has 0 bridgehead atoms. The van der Waals surface area contributed by atoms with Crippen molar-refractivity contribution in [2.75, 3.05) is 0 Å². The van der Waals surface area contributed by atoms with Crippen molar-refractivity contribution in [2.45, 2.75) is 53.1 Å². The molecule has 0 saturated heterocycles. The highest BCUT2D eigenvalue weighted by molar-refractivity contribution is 7.15. The van der Waals surface area contributed by atoms with Crippen LogP contribution < -0.4 is 5.32 Å². The molecule has 0 unspecified atom stereocenters. The quantitative estimate of drug-likeness (QED) is 0.842. The number of hydrogen-bond donors (Lipinski definition) is 1. The van der Waals surface area contributed by atoms with Crippen LogP contribution in [-0.4, -0.2) is 11.0 Å². The third-order valence-electron chi connectivity index (χ3n) is 3.23. The van der Waals surface area contributed by atoms with E-state index in [-0.39, 0.29) is 0 Å². The lowest BCUT2D eigenvalue weighted by Gasteiger charge is -2.07. The van der Waals surface area contributed by atoms with Crippen LogP contribution in [0.3, 0.4) is 0 Å². The van der Waals surface area contributed by atoms with Gasteiger partial charge < -0.3 is 5.32 Å². The van der Waals surface area contributed by atoms with Crippen LogP contribution in [0, 0.1) is 6.92 Å². The Bertz CT molecular complexity index is 541. The van der Waals surface area contributed by atoms with Gasteiger partial charge in [-0.15, -0.1) is 11.3 Å². The van der Waals surface area contributed by atoms with Crippen LogP contribution in [0.1, 0.15) is 43.3 Å². The minimum Gasteiger partial charge on any atom is -0.310 e. The van der Waals surface area contributed by atoms with Gasteiger partial charge in [0.15, 0.2) is 0 Å². The predicted octanol–water partition coefficient (Wildman–Crippen LogP) is 4.57. The summed E-state index contributed by atoms with van der Waals surface area (Å²) >= 11 is 1.83. The maximum absolute atomic E-state index is 4.86. The van der Waals surface area contributed by atoms with E-state index < -0.39 is 0 Å². The molecule has 0 aliphatic heterocycles. The Morgan fingerprint density at radius 2 is 1.90 bits per heavy atom. The minimum atomic E-state index is 0.509. The van der Waals surface area contributed by atoms with Gasteiger partial charge in [-0.05, 0) is 13.3 Å². The average molecular weight is 288 g/mol. The molecule has 0 spiro atoms. The van der Waals surface area contributed by atoms with Crippen molar-refractivity contribution in [3.63, 3.8) is 0 Å². The van der Waals surface area contributed by atoms with E-state index in [1.807, 2.05) is 11.3 Å². The zero-order valence-electron chi connectivity index (χ0n) is 12.9. The topological polar surface area (TPSA) is 24.9 Å². The van der Waals surface area contributed by atoms with Gasteiger partial charge in [0, 0.05) is 23.0 Å². The normalized spacial score (nSPS) is 11.2. The number of nitrogens with zero attached hydrogens (tertiary/aromatic N) is 1. The predicted molar refractivity (Wildman–Crippen MR) is 88.3 cm³/mol. The molecule has 2 rings (SSSR count). The van der Waals surface area contributed by atoms with Crippen molar-refractivity contribution in [2.24, 2.45) is 0 Å². The van der Waals surface area contributed by atoms with Crippen LogP contribution in [0.15, 0.2) is 24.3 Å². The van der Waals surface area contributed by atoms with Crippen LogP contribution in [0.2, 0.25) is 0 Å². The molecule has 2 nitrogen and oxygen atoms in total. The highest BCUT2D eigenvalue weighted by Crippen LogP contribution is 2.29. The first-order valence-corrected chi connectivity index (χ1v) is 8.20. The minimum absolute atomic E-state index is 0.509. The van der Waals surface area contributed by atoms with E-state index >= 15 is 0 Å². The van der Waals surface area contributed by atoms with Crippen LogP contribution in [0.4, 0.5) is 0 Å². The Labute approximate surface area is 126 Å². The summed E-state index contributed by atoms with van der Waals surface area (Å²) in [5.41, 5.74) is 3.79. The smallest absolute Gasteiger partial charge is 0.123 e. The van der Waals surface area contributed by atoms with E-state index in [1.54, 1.807) is 0 Å². The molecule has 20 heavy (non-hydrogen) atoms. The Balaban J connectivity index is 2.25. The zero-order chi connectivity index (χ0) is 14.5. The molecule has 0 fully saturated rings. The Hall–Kier alpha value is -1.19. The molecule has 1 heterocycles. The van der Waals surface area contributed by atoms with Crippen molar-refractivity contribution in [3.8, 4) is 10.6 Å². The summed E-state index contributed by atoms with van der Waals surface area (Å²) in [4.78, 5) is 6.24. The first-order valence-electron chi connectivity index (χ1n) is 7.39. The summed E-state index contributed by atoms with van der Waals surface area (Å²) in [5, 5.41) is 4.65. The van der Waals surface area contributed by atoms with Crippen molar-refractivity contribution in [3.05, 3.63) is 40.4 Å². The van der Waals surface area contributed by atoms with Gasteiger partial charge in [-0.3, -0.25) is 0 Å². The highest BCUT2D eigenvalue weighted by Gasteiger charge is 2.12. The Morgan fingerprint density at radius 3 is 2.50 bits per heavy atom. The summed E-state index contributed by atoms with van der Waals surface area (Å²) in [6, 6.07) is 9.16. The van der Waals surface area contributed by atoms with Gasteiger partial charge in [-0.1, -0.05) is 57.0 Å². The molecule has 3 heteroatoms. The molecule has 2 aromatic rings. The number of aromatic nitrogens is 1. The third-order valence-corrected chi connectivity index (χ3v) is 4.38. The maximum Gasteiger partial charge on any atom is 0.123 e. The van der Waals surface area contributed by atoms with Gasteiger partial charge in [0.25, 0.3) is 0 Å². The van der Waals surface area contributed by atoms with Crippen LogP contribution >= 0.6 is 11.3 Å². The molecule has 0 aliphatic rings. The standard InChI is InChI=1S/C17H24N2S/c1-5-6-15-16(11-18-12(2)3)20-17(19-15)14-9-7-13(4)8-10-14/h7-10,12,18H,5-6,11H2,1-4H3. The first-order chi connectivity index (χ1) is 9.60. The molecule has 1 N–H and O–H groups in total. The van der Waals surface area contributed by atoms with E-state index in [0.717, 1.165) is 24.4 Å². The van der Waals surface area contributed by atoms with E-state index in [2.05, 4.69) is 57.3 Å². The highest BCUT2D eigenvalue weighted by atomic mass is 32.1. The lowest BCUT2D eigenvalue weighted by Crippen LogP contribution is -2.21. The second-order valence-corrected chi connectivity index (χ2v) is 6.62. The zero-order valence-corrected chi connectivity index (χ0v) is 13.7. The van der Waals surface area contributed by atoms with Gasteiger partial charge in [-0.2, -0.15) is 0 Å². The van der Waals surface area contributed by atoms with Crippen LogP contribution in [-0.2, 0) is 13.0 Å². The van der Waals surface area contributed by atoms with E-state index in [0.29, 0.717) is 6.04 Å². The number of aryl methyl sites for hydroxylation is 2. The molecule has 1 aromatic carbocycles. The Kier molecular flexibility index (Phi) is 5.32. The molecular weight excluding hydrogens is 264 g/mol. The maximum atomic E-state index is 4.86. The molecule has 0 atom stereocenters. The number of nitrogens with one attached hydrogen (secondary N) is 1. The lowest BCUT2D eigenvalue weighted by molar-refractivity contribution is 0.589. The number of thiazole rings is 1. The van der Waals surface area contributed by atoms with Gasteiger partial charge >= 0.3 is 0 Å². The first kappa shape index (κ1) is 15.2. The molecule has 0 aliphatic carbocycles. The SMILES string of the molecule is CCCc1nc(-c2ccc(C)cc2)sc1CNC(C)C. The van der Waals surface area contributed by atoms with Gasteiger partial charge in [0.1, 0.15) is 5.01 Å². The summed E-state index contributed by atoms with van der Waals surface area (Å²) in [6.07, 6.45) is 2.21. The van der Waals surface area contributed by atoms with E-state index in [1.165, 1.54) is 21.7 Å². The number of benzene rings is 1. The molecule has 0 radical (unpaired) electrons. The van der Waals surface area contributed by atoms with Crippen molar-refractivity contribution >= 4 is 11.3 Å². The van der Waals surface area contributed by atoms with Gasteiger partial charge in [-0.25, -0.2) is 4.98 Å². The summed E-state index contributed by atoms with van der Waals surface area (Å²) < 4.78 is 0. The fourth-order valence-electron chi connectivity index (χ4n) is 2.07. The summed E-state index contributed by atoms with van der Waals surface area (Å²) in [7, 11) is 0.